The zero-order valence-electron chi connectivity index (χ0n) is 11.0. The van der Waals surface area contributed by atoms with Crippen molar-refractivity contribution in [3.63, 3.8) is 0 Å². The van der Waals surface area contributed by atoms with Gasteiger partial charge in [0.15, 0.2) is 0 Å². The normalized spacial score (nSPS) is 25.3. The molecule has 0 spiro atoms. The van der Waals surface area contributed by atoms with Crippen LogP contribution >= 0.6 is 0 Å². The maximum atomic E-state index is 6.50. The SMILES string of the molecule is NCCC1(OC2CCCc3ccccc32)CCC1. The van der Waals surface area contributed by atoms with Crippen molar-refractivity contribution in [1.29, 1.82) is 0 Å². The van der Waals surface area contributed by atoms with Crippen molar-refractivity contribution in [2.75, 3.05) is 6.54 Å². The van der Waals surface area contributed by atoms with Gasteiger partial charge in [0.1, 0.15) is 0 Å². The minimum absolute atomic E-state index is 0.101. The Kier molecular flexibility index (Phi) is 3.40. The molecular weight excluding hydrogens is 222 g/mol. The second-order valence-electron chi connectivity index (χ2n) is 5.77. The first-order valence-corrected chi connectivity index (χ1v) is 7.29. The summed E-state index contributed by atoms with van der Waals surface area (Å²) in [7, 11) is 0. The lowest BCUT2D eigenvalue weighted by atomic mass is 9.76. The number of benzene rings is 1. The molecule has 0 saturated heterocycles. The minimum Gasteiger partial charge on any atom is -0.367 e. The molecule has 1 atom stereocenters. The molecule has 2 nitrogen and oxygen atoms in total. The Morgan fingerprint density at radius 3 is 2.78 bits per heavy atom. The van der Waals surface area contributed by atoms with Gasteiger partial charge in [-0.25, -0.2) is 0 Å². The van der Waals surface area contributed by atoms with Crippen LogP contribution in [-0.2, 0) is 11.2 Å². The quantitative estimate of drug-likeness (QED) is 0.883. The molecule has 2 aliphatic carbocycles. The van der Waals surface area contributed by atoms with E-state index in [1.54, 1.807) is 0 Å². The smallest absolute Gasteiger partial charge is 0.0835 e. The van der Waals surface area contributed by atoms with Gasteiger partial charge in [0.25, 0.3) is 0 Å². The number of hydrogen-bond acceptors (Lipinski definition) is 2. The van der Waals surface area contributed by atoms with E-state index in [4.69, 9.17) is 10.5 Å². The third kappa shape index (κ3) is 2.19. The van der Waals surface area contributed by atoms with Gasteiger partial charge < -0.3 is 10.5 Å². The fraction of sp³-hybridized carbons (Fsp3) is 0.625. The number of nitrogens with two attached hydrogens (primary N) is 1. The Bertz CT molecular complexity index is 411. The van der Waals surface area contributed by atoms with E-state index < -0.39 is 0 Å². The number of aryl methyl sites for hydroxylation is 1. The molecule has 3 rings (SSSR count). The second-order valence-corrected chi connectivity index (χ2v) is 5.77. The van der Waals surface area contributed by atoms with E-state index in [0.717, 1.165) is 13.0 Å². The van der Waals surface area contributed by atoms with Gasteiger partial charge in [-0.05, 0) is 62.6 Å². The molecule has 0 bridgehead atoms. The molecule has 2 N–H and O–H groups in total. The van der Waals surface area contributed by atoms with Crippen LogP contribution in [0.4, 0.5) is 0 Å². The summed E-state index contributed by atoms with van der Waals surface area (Å²) < 4.78 is 6.50. The molecule has 2 aliphatic rings. The van der Waals surface area contributed by atoms with Crippen molar-refractivity contribution >= 4 is 0 Å². The largest absolute Gasteiger partial charge is 0.367 e. The van der Waals surface area contributed by atoms with Crippen LogP contribution in [0.5, 0.6) is 0 Å². The summed E-state index contributed by atoms with van der Waals surface area (Å²) in [5, 5.41) is 0. The van der Waals surface area contributed by atoms with E-state index in [1.165, 1.54) is 49.7 Å². The van der Waals surface area contributed by atoms with Gasteiger partial charge in [-0.1, -0.05) is 24.3 Å². The maximum Gasteiger partial charge on any atom is 0.0835 e. The molecule has 0 radical (unpaired) electrons. The van der Waals surface area contributed by atoms with E-state index in [0.29, 0.717) is 6.10 Å². The van der Waals surface area contributed by atoms with Crippen molar-refractivity contribution in [2.24, 2.45) is 5.73 Å². The van der Waals surface area contributed by atoms with Crippen molar-refractivity contribution in [3.05, 3.63) is 35.4 Å². The summed E-state index contributed by atoms with van der Waals surface area (Å²) in [6, 6.07) is 8.77. The molecule has 1 aromatic carbocycles. The maximum absolute atomic E-state index is 6.50. The Morgan fingerprint density at radius 1 is 1.22 bits per heavy atom. The molecule has 0 amide bonds. The lowest BCUT2D eigenvalue weighted by Crippen LogP contribution is -2.43. The molecule has 98 valence electrons. The van der Waals surface area contributed by atoms with Crippen LogP contribution in [0.1, 0.15) is 55.8 Å². The van der Waals surface area contributed by atoms with Crippen molar-refractivity contribution in [1.82, 2.24) is 0 Å². The van der Waals surface area contributed by atoms with Crippen LogP contribution in [0.2, 0.25) is 0 Å². The third-order valence-electron chi connectivity index (χ3n) is 4.57. The summed E-state index contributed by atoms with van der Waals surface area (Å²) in [4.78, 5) is 0. The van der Waals surface area contributed by atoms with Gasteiger partial charge in [-0.2, -0.15) is 0 Å². The number of hydrogen-bond donors (Lipinski definition) is 1. The Hall–Kier alpha value is -0.860. The molecule has 1 unspecified atom stereocenters. The van der Waals surface area contributed by atoms with Crippen LogP contribution in [-0.4, -0.2) is 12.1 Å². The average Bonchev–Trinajstić information content (AvgIpc) is 2.37. The molecule has 0 aromatic heterocycles. The lowest BCUT2D eigenvalue weighted by molar-refractivity contribution is -0.148. The molecule has 0 heterocycles. The van der Waals surface area contributed by atoms with Gasteiger partial charge in [0.05, 0.1) is 11.7 Å². The zero-order valence-corrected chi connectivity index (χ0v) is 11.0. The van der Waals surface area contributed by atoms with E-state index in [2.05, 4.69) is 24.3 Å². The van der Waals surface area contributed by atoms with Crippen molar-refractivity contribution in [2.45, 2.75) is 56.7 Å². The monoisotopic (exact) mass is 245 g/mol. The first kappa shape index (κ1) is 12.2. The second kappa shape index (κ2) is 5.02. The van der Waals surface area contributed by atoms with Gasteiger partial charge in [-0.15, -0.1) is 0 Å². The number of rotatable bonds is 4. The van der Waals surface area contributed by atoms with Crippen LogP contribution in [0.25, 0.3) is 0 Å². The molecule has 2 heteroatoms. The highest BCUT2D eigenvalue weighted by atomic mass is 16.5. The highest BCUT2D eigenvalue weighted by molar-refractivity contribution is 5.31. The minimum atomic E-state index is 0.101. The Morgan fingerprint density at radius 2 is 2.06 bits per heavy atom. The first-order chi connectivity index (χ1) is 8.83. The fourth-order valence-electron chi connectivity index (χ4n) is 3.39. The molecule has 1 aromatic rings. The van der Waals surface area contributed by atoms with Crippen LogP contribution in [0, 0.1) is 0 Å². The highest BCUT2D eigenvalue weighted by Gasteiger charge is 2.40. The summed E-state index contributed by atoms with van der Waals surface area (Å²) in [6.07, 6.45) is 8.65. The molecular formula is C16H23NO. The molecule has 18 heavy (non-hydrogen) atoms. The molecule has 1 saturated carbocycles. The van der Waals surface area contributed by atoms with Crippen LogP contribution in [0.15, 0.2) is 24.3 Å². The van der Waals surface area contributed by atoms with Gasteiger partial charge in [-0.3, -0.25) is 0 Å². The summed E-state index contributed by atoms with van der Waals surface area (Å²) in [6.45, 7) is 0.744. The van der Waals surface area contributed by atoms with Gasteiger partial charge in [0.2, 0.25) is 0 Å². The summed E-state index contributed by atoms with van der Waals surface area (Å²) >= 11 is 0. The lowest BCUT2D eigenvalue weighted by Gasteiger charge is -2.45. The van der Waals surface area contributed by atoms with Crippen LogP contribution < -0.4 is 5.73 Å². The molecule has 1 fully saturated rings. The number of fused-ring (bicyclic) bond motifs is 1. The van der Waals surface area contributed by atoms with Crippen molar-refractivity contribution in [3.8, 4) is 0 Å². The predicted molar refractivity (Wildman–Crippen MR) is 73.5 cm³/mol. The Labute approximate surface area is 110 Å². The fourth-order valence-corrected chi connectivity index (χ4v) is 3.39. The highest BCUT2D eigenvalue weighted by Crippen LogP contribution is 2.44. The van der Waals surface area contributed by atoms with Gasteiger partial charge >= 0.3 is 0 Å². The zero-order chi connectivity index (χ0) is 12.4. The first-order valence-electron chi connectivity index (χ1n) is 7.29. The number of ether oxygens (including phenoxy) is 1. The van der Waals surface area contributed by atoms with E-state index in [9.17, 15) is 0 Å². The summed E-state index contributed by atoms with van der Waals surface area (Å²) in [5.74, 6) is 0. The van der Waals surface area contributed by atoms with Crippen molar-refractivity contribution < 1.29 is 4.74 Å². The Balaban J connectivity index is 1.77. The van der Waals surface area contributed by atoms with Crippen LogP contribution in [0.3, 0.4) is 0 Å². The summed E-state index contributed by atoms with van der Waals surface area (Å²) in [5.41, 5.74) is 8.75. The van der Waals surface area contributed by atoms with E-state index >= 15 is 0 Å². The average molecular weight is 245 g/mol. The molecule has 0 aliphatic heterocycles. The third-order valence-corrected chi connectivity index (χ3v) is 4.57. The van der Waals surface area contributed by atoms with Gasteiger partial charge in [0, 0.05) is 0 Å². The topological polar surface area (TPSA) is 35.2 Å². The van der Waals surface area contributed by atoms with E-state index in [1.807, 2.05) is 0 Å². The predicted octanol–water partition coefficient (Wildman–Crippen LogP) is 3.35. The van der Waals surface area contributed by atoms with E-state index in [-0.39, 0.29) is 5.60 Å². The standard InChI is InChI=1S/C16H23NO/c17-12-11-16(9-4-10-16)18-15-8-3-6-13-5-1-2-7-14(13)15/h1-2,5,7,15H,3-4,6,8-12,17H2.